The number of ether oxygens (including phenoxy) is 7. The Kier molecular flexibility index (Phi) is 48.2. The normalized spacial score (nSPS) is 13.9. The van der Waals surface area contributed by atoms with Crippen molar-refractivity contribution in [1.29, 1.82) is 5.26 Å². The zero-order valence-corrected chi connectivity index (χ0v) is 87.3. The van der Waals surface area contributed by atoms with Gasteiger partial charge in [0.1, 0.15) is 75.8 Å². The third-order valence-electron chi connectivity index (χ3n) is 21.8. The van der Waals surface area contributed by atoms with Crippen molar-refractivity contribution in [1.82, 2.24) is 50.9 Å². The number of aryl methyl sites for hydroxylation is 3. The second-order valence-electron chi connectivity index (χ2n) is 36.2. The molecule has 6 amide bonds. The van der Waals surface area contributed by atoms with Crippen LogP contribution in [0.15, 0.2) is 109 Å². The van der Waals surface area contributed by atoms with Crippen molar-refractivity contribution < 1.29 is 112 Å². The molecule has 0 aliphatic carbocycles. The number of piperidine rings is 2. The van der Waals surface area contributed by atoms with Gasteiger partial charge in [-0.2, -0.15) is 40.4 Å². The number of nitrogens with two attached hydrogens (primary N) is 3. The highest BCUT2D eigenvalue weighted by molar-refractivity contribution is 7.71. The molecule has 13 rings (SSSR count). The maximum atomic E-state index is 13.2. The fourth-order valence-electron chi connectivity index (χ4n) is 15.2. The number of H-pyrrole nitrogens is 1. The lowest BCUT2D eigenvalue weighted by molar-refractivity contribution is -0.123. The number of carbonyl (C=O) groups is 8. The number of nitriles is 1. The molecule has 145 heavy (non-hydrogen) atoms. The Hall–Kier alpha value is -12.1. The van der Waals surface area contributed by atoms with Crippen molar-refractivity contribution in [3.63, 3.8) is 0 Å². The first-order valence-electron chi connectivity index (χ1n) is 46.3. The Morgan fingerprint density at radius 2 is 0.862 bits per heavy atom. The number of nitrogens with one attached hydrogen (secondary N) is 5. The number of carbonyl (C=O) groups excluding carboxylic acids is 7. The van der Waals surface area contributed by atoms with E-state index >= 15 is 0 Å². The number of aromatic amines is 1. The van der Waals surface area contributed by atoms with Crippen molar-refractivity contribution in [3.8, 4) is 29.1 Å². The first kappa shape index (κ1) is 120. The van der Waals surface area contributed by atoms with Crippen LogP contribution in [0.4, 0.5) is 72.3 Å². The predicted octanol–water partition coefficient (Wildman–Crippen LogP) is 18.8. The van der Waals surface area contributed by atoms with E-state index < -0.39 is 54.6 Å². The number of nitrogen functional groups attached to an aromatic ring is 2. The number of rotatable bonds is 27. The second-order valence-corrected chi connectivity index (χ2v) is 39.6. The molecule has 46 heteroatoms. The summed E-state index contributed by atoms with van der Waals surface area (Å²) < 4.78 is 140. The SMILES string of the molecule is CC(C)(C)OC(=O)N1CCC(c2ccc(CCN)cc2OC(F)F)CC1.CC(C)(C)OC(=O)N1CCC(c2ccc(CCNC(=O)CCl)cc2OC(F)F)CC1.Cc1ccc(C#N)c(=S)[nH]1.Cc1ccc2c(N)c(C(=O)NCCc3ccc(N4CCN(C(=O)OC(C)(C)C)CC4)c(OC(F)F)c3)sc2n1.Cc1ccc2c(N)c(C(=O)NCCc3ccc(N4CCNCC4)c(OC(F)F)c3)sc2n1.O=C(Cl)CCl.O=CO. The van der Waals surface area contributed by atoms with E-state index in [-0.39, 0.29) is 89.5 Å². The number of fused-ring (bicyclic) bond motifs is 2. The van der Waals surface area contributed by atoms with Crippen LogP contribution >= 0.6 is 69.7 Å². The molecule has 12 N–H and O–H groups in total. The van der Waals surface area contributed by atoms with Crippen LogP contribution in [0, 0.1) is 36.7 Å². The summed E-state index contributed by atoms with van der Waals surface area (Å²) in [5.41, 5.74) is 26.0. The van der Waals surface area contributed by atoms with Gasteiger partial charge >= 0.3 is 44.7 Å². The van der Waals surface area contributed by atoms with Crippen LogP contribution in [0.25, 0.3) is 20.4 Å². The molecule has 4 aliphatic rings. The van der Waals surface area contributed by atoms with E-state index in [4.69, 9.17) is 113 Å². The van der Waals surface area contributed by atoms with Crippen molar-refractivity contribution in [3.05, 3.63) is 180 Å². The monoisotopic (exact) mass is 2150 g/mol. The summed E-state index contributed by atoms with van der Waals surface area (Å²) in [5.74, 6) is -0.464. The number of alkyl halides is 10. The molecule has 9 aromatic rings. The lowest BCUT2D eigenvalue weighted by Gasteiger charge is -2.37. The van der Waals surface area contributed by atoms with Gasteiger partial charge in [-0.25, -0.2) is 24.4 Å². The third kappa shape index (κ3) is 40.4. The van der Waals surface area contributed by atoms with Crippen molar-refractivity contribution in [2.75, 3.05) is 138 Å². The molecule has 4 aromatic carbocycles. The van der Waals surface area contributed by atoms with Crippen LogP contribution in [0.5, 0.6) is 23.0 Å². The van der Waals surface area contributed by atoms with Gasteiger partial charge in [0.25, 0.3) is 18.3 Å². The molecule has 4 saturated heterocycles. The summed E-state index contributed by atoms with van der Waals surface area (Å²) in [6.45, 7) is 18.2. The van der Waals surface area contributed by atoms with Gasteiger partial charge in [0.05, 0.1) is 34.2 Å². The summed E-state index contributed by atoms with van der Waals surface area (Å²) in [7, 11) is 0. The van der Waals surface area contributed by atoms with Crippen LogP contribution in [0.3, 0.4) is 0 Å². The van der Waals surface area contributed by atoms with Crippen LogP contribution in [0.2, 0.25) is 0 Å². The largest absolute Gasteiger partial charge is 0.483 e. The van der Waals surface area contributed by atoms with Crippen LogP contribution in [-0.2, 0) is 54.3 Å². The smallest absolute Gasteiger partial charge is 0.410 e. The molecule has 32 nitrogen and oxygen atoms in total. The van der Waals surface area contributed by atoms with Gasteiger partial charge in [-0.1, -0.05) is 48.6 Å². The van der Waals surface area contributed by atoms with Gasteiger partial charge in [-0.05, 0) is 271 Å². The van der Waals surface area contributed by atoms with E-state index in [1.54, 1.807) is 84.0 Å². The standard InChI is InChI=1S/C27H33F2N5O4S.C22H25F2N5O2S.C21H29ClF2N2O4.C19H28F2N2O3.C7H6N2S.C2H2Cl2O.CH2O2/c1-16-5-7-18-21(30)22(39-24(18)32-16)23(35)31-10-9-17-6-8-19(20(15-17)37-25(28)29)33-11-13-34(14-12-33)26(36)38-27(2,3)4;1-13-2-4-15-18(25)19(32-21(15)28-13)20(30)27-7-6-14-3-5-16(17(12-14)31-22(23)24)29-10-8-26-9-11-29;1-21(2,3)30-20(28)26-10-7-15(8-11-26)16-5-4-14(6-9-25-18(27)13-22)12-17(16)29-19(23)24;1-19(2,3)26-18(24)23-10-7-14(8-11-23)15-5-4-13(6-9-22)12-16(15)25-17(20)21;1-5-2-3-6(4-8)7(10)9-5;3-1-2(4)5;2-1-3/h5-8,15,25H,9-14,30H2,1-4H3,(H,31,35);2-5,12,22,26H,6-11,25H2,1H3,(H,27,30);4-5,12,15,19H,6-11,13H2,1-3H3,(H,25,27);4-5,12,14,17H,6-11,22H2,1-3H3;2-3H,1H3,(H,9,10);1H2;1H,(H,2,3). The summed E-state index contributed by atoms with van der Waals surface area (Å²) in [6, 6.07) is 34.0. The molecule has 0 saturated carbocycles. The Morgan fingerprint density at radius 3 is 1.21 bits per heavy atom. The average Bonchev–Trinajstić information content (AvgIpc) is 1.67. The minimum atomic E-state index is -2.99. The zero-order chi connectivity index (χ0) is 107. The molecule has 0 bridgehead atoms. The molecular weight excluding hydrogens is 2020 g/mol. The molecule has 4 aliphatic heterocycles. The second kappa shape index (κ2) is 58.3. The highest BCUT2D eigenvalue weighted by Gasteiger charge is 2.34. The molecule has 0 unspecified atom stereocenters. The van der Waals surface area contributed by atoms with Crippen molar-refractivity contribution in [2.45, 2.75) is 190 Å². The molecule has 0 spiro atoms. The number of aromatic nitrogens is 3. The van der Waals surface area contributed by atoms with Crippen LogP contribution in [0.1, 0.15) is 175 Å². The number of hydrogen-bond donors (Lipinski definition) is 9. The van der Waals surface area contributed by atoms with E-state index in [0.29, 0.717) is 176 Å². The van der Waals surface area contributed by atoms with Crippen molar-refractivity contribution in [2.24, 2.45) is 5.73 Å². The highest BCUT2D eigenvalue weighted by atomic mass is 35.5. The molecule has 0 radical (unpaired) electrons. The number of thiophene rings is 2. The quantitative estimate of drug-likeness (QED) is 0.00576. The Balaban J connectivity index is 0.000000249. The minimum Gasteiger partial charge on any atom is -0.483 e. The number of likely N-dealkylation sites (tertiary alicyclic amines) is 2. The maximum absolute atomic E-state index is 13.2. The number of nitrogens with zero attached hydrogens (tertiary/aromatic N) is 8. The number of pyridine rings is 3. The van der Waals surface area contributed by atoms with E-state index in [9.17, 15) is 68.7 Å². The van der Waals surface area contributed by atoms with Gasteiger partial charge < -0.3 is 106 Å². The topological polar surface area (TPSA) is 429 Å². The number of carboxylic acid groups (broad SMARTS) is 1. The summed E-state index contributed by atoms with van der Waals surface area (Å²) in [4.78, 5) is 114. The van der Waals surface area contributed by atoms with E-state index in [2.05, 4.69) is 36.2 Å². The first-order chi connectivity index (χ1) is 68.5. The Labute approximate surface area is 864 Å². The third-order valence-corrected chi connectivity index (χ3v) is 25.1. The fraction of sp³-hybridized carbons (Fsp3) is 0.475. The van der Waals surface area contributed by atoms with Crippen LogP contribution in [-0.4, -0.2) is 242 Å². The number of piperazine rings is 2. The number of halogens is 11. The Bertz CT molecular complexity index is 5880. The lowest BCUT2D eigenvalue weighted by Crippen LogP contribution is -2.50. The average molecular weight is 2150 g/mol. The highest BCUT2D eigenvalue weighted by Crippen LogP contribution is 2.41. The van der Waals surface area contributed by atoms with E-state index in [1.165, 1.54) is 22.7 Å². The molecule has 9 heterocycles. The zero-order valence-electron chi connectivity index (χ0n) is 82.6. The summed E-state index contributed by atoms with van der Waals surface area (Å²) >= 11 is 22.3. The van der Waals surface area contributed by atoms with E-state index in [1.807, 2.05) is 139 Å². The number of hydrogen-bond acceptors (Lipinski definition) is 27. The number of benzene rings is 4. The molecule has 792 valence electrons. The van der Waals surface area contributed by atoms with Crippen LogP contribution < -0.4 is 67.2 Å². The molecule has 0 atom stereocenters. The molecule has 4 fully saturated rings. The van der Waals surface area contributed by atoms with Gasteiger partial charge in [-0.3, -0.25) is 24.0 Å². The molecule has 5 aromatic heterocycles. The molecular formula is C99H125Cl3F8N16O16S3. The predicted molar refractivity (Wildman–Crippen MR) is 548 cm³/mol. The number of amides is 6. The summed E-state index contributed by atoms with van der Waals surface area (Å²) in [5, 5.41) is 28.0. The Morgan fingerprint density at radius 1 is 0.517 bits per heavy atom. The van der Waals surface area contributed by atoms with Gasteiger partial charge in [-0.15, -0.1) is 45.9 Å². The van der Waals surface area contributed by atoms with Gasteiger partial charge in [0.15, 0.2) is 0 Å². The first-order valence-corrected chi connectivity index (χ1v) is 49.8. The van der Waals surface area contributed by atoms with Gasteiger partial charge in [0, 0.05) is 126 Å². The van der Waals surface area contributed by atoms with Crippen molar-refractivity contribution >= 4 is 161 Å². The summed E-state index contributed by atoms with van der Waals surface area (Å²) in [6.07, 6.45) is 3.47. The minimum absolute atomic E-state index is 0.00226. The van der Waals surface area contributed by atoms with E-state index in [0.717, 1.165) is 86.7 Å². The van der Waals surface area contributed by atoms with Gasteiger partial charge in [0.2, 0.25) is 11.1 Å². The fourth-order valence-corrected chi connectivity index (χ4v) is 17.7. The lowest BCUT2D eigenvalue weighted by atomic mass is 9.88. The number of anilines is 4. The maximum Gasteiger partial charge on any atom is 0.410 e.